The van der Waals surface area contributed by atoms with Crippen LogP contribution in [0.2, 0.25) is 0 Å². The molecule has 0 amide bonds. The Morgan fingerprint density at radius 2 is 2.00 bits per heavy atom. The lowest BCUT2D eigenvalue weighted by molar-refractivity contribution is 0.312. The zero-order valence-electron chi connectivity index (χ0n) is 12.4. The lowest BCUT2D eigenvalue weighted by atomic mass is 10.1. The van der Waals surface area contributed by atoms with Crippen molar-refractivity contribution in [2.24, 2.45) is 0 Å². The number of anilines is 1. The summed E-state index contributed by atoms with van der Waals surface area (Å²) in [6.07, 6.45) is 2.74. The summed E-state index contributed by atoms with van der Waals surface area (Å²) in [5.41, 5.74) is 3.76. The van der Waals surface area contributed by atoms with Gasteiger partial charge in [-0.25, -0.2) is 4.98 Å². The first-order chi connectivity index (χ1) is 9.66. The summed E-state index contributed by atoms with van der Waals surface area (Å²) in [6, 6.07) is 10.1. The molecule has 2 aromatic rings. The van der Waals surface area contributed by atoms with Crippen molar-refractivity contribution in [3.05, 3.63) is 53.2 Å². The summed E-state index contributed by atoms with van der Waals surface area (Å²) in [7, 11) is 0. The molecule has 20 heavy (non-hydrogen) atoms. The van der Waals surface area contributed by atoms with Gasteiger partial charge in [-0.15, -0.1) is 0 Å². The molecule has 0 spiro atoms. The van der Waals surface area contributed by atoms with Gasteiger partial charge >= 0.3 is 0 Å². The molecule has 0 aliphatic heterocycles. The van der Waals surface area contributed by atoms with Crippen molar-refractivity contribution in [2.45, 2.75) is 27.2 Å². The third kappa shape index (κ3) is 3.98. The molecule has 1 aromatic carbocycles. The Bertz CT molecular complexity index is 552. The maximum absolute atomic E-state index is 5.88. The smallest absolute Gasteiger partial charge is 0.125 e. The van der Waals surface area contributed by atoms with Crippen LogP contribution in [0.5, 0.6) is 5.75 Å². The lowest BCUT2D eigenvalue weighted by Gasteiger charge is -2.12. The number of hydrogen-bond donors (Lipinski definition) is 1. The van der Waals surface area contributed by atoms with Crippen molar-refractivity contribution >= 4 is 5.82 Å². The number of pyridine rings is 1. The molecule has 0 saturated carbocycles. The number of nitrogens with zero attached hydrogens (tertiary/aromatic N) is 1. The van der Waals surface area contributed by atoms with Gasteiger partial charge in [-0.3, -0.25) is 0 Å². The average molecular weight is 270 g/mol. The molecule has 0 bridgehead atoms. The van der Waals surface area contributed by atoms with Crippen LogP contribution in [-0.2, 0) is 0 Å². The minimum absolute atomic E-state index is 0.712. The number of hydrogen-bond acceptors (Lipinski definition) is 3. The largest absolute Gasteiger partial charge is 0.493 e. The third-order valence-corrected chi connectivity index (χ3v) is 3.31. The van der Waals surface area contributed by atoms with Crippen molar-refractivity contribution in [2.75, 3.05) is 18.5 Å². The van der Waals surface area contributed by atoms with Gasteiger partial charge < -0.3 is 10.1 Å². The predicted octanol–water partition coefficient (Wildman–Crippen LogP) is 3.89. The Morgan fingerprint density at radius 1 is 1.15 bits per heavy atom. The van der Waals surface area contributed by atoms with E-state index in [9.17, 15) is 0 Å². The molecule has 106 valence electrons. The first kappa shape index (κ1) is 14.4. The maximum Gasteiger partial charge on any atom is 0.125 e. The van der Waals surface area contributed by atoms with E-state index in [-0.39, 0.29) is 0 Å². The van der Waals surface area contributed by atoms with Crippen molar-refractivity contribution in [3.8, 4) is 5.75 Å². The van der Waals surface area contributed by atoms with Crippen molar-refractivity contribution in [1.82, 2.24) is 4.98 Å². The minimum atomic E-state index is 0.712. The number of ether oxygens (including phenoxy) is 1. The second-order valence-electron chi connectivity index (χ2n) is 5.05. The second kappa shape index (κ2) is 6.94. The number of aromatic nitrogens is 1. The number of aryl methyl sites for hydroxylation is 2. The third-order valence-electron chi connectivity index (χ3n) is 3.31. The van der Waals surface area contributed by atoms with Gasteiger partial charge in [0.25, 0.3) is 0 Å². The molecule has 1 heterocycles. The van der Waals surface area contributed by atoms with E-state index in [1.165, 1.54) is 16.7 Å². The van der Waals surface area contributed by atoms with Crippen LogP contribution >= 0.6 is 0 Å². The molecule has 3 heteroatoms. The van der Waals surface area contributed by atoms with Gasteiger partial charge in [0.05, 0.1) is 6.61 Å². The Labute approximate surface area is 121 Å². The number of nitrogens with one attached hydrogen (secondary N) is 1. The molecule has 3 nitrogen and oxygen atoms in total. The van der Waals surface area contributed by atoms with Gasteiger partial charge in [-0.05, 0) is 62.1 Å². The van der Waals surface area contributed by atoms with Crippen LogP contribution in [0.3, 0.4) is 0 Å². The van der Waals surface area contributed by atoms with Crippen LogP contribution in [0.15, 0.2) is 36.5 Å². The van der Waals surface area contributed by atoms with E-state index in [1.54, 1.807) is 6.20 Å². The first-order valence-corrected chi connectivity index (χ1v) is 7.02. The topological polar surface area (TPSA) is 34.1 Å². The highest BCUT2D eigenvalue weighted by molar-refractivity contribution is 5.41. The van der Waals surface area contributed by atoms with Crippen molar-refractivity contribution in [1.29, 1.82) is 0 Å². The monoisotopic (exact) mass is 270 g/mol. The zero-order chi connectivity index (χ0) is 14.4. The quantitative estimate of drug-likeness (QED) is 0.809. The van der Waals surface area contributed by atoms with Crippen molar-refractivity contribution < 1.29 is 4.74 Å². The normalized spacial score (nSPS) is 10.3. The van der Waals surface area contributed by atoms with Gasteiger partial charge in [0.15, 0.2) is 0 Å². The molecule has 1 aromatic heterocycles. The summed E-state index contributed by atoms with van der Waals surface area (Å²) in [6.45, 7) is 7.90. The van der Waals surface area contributed by atoms with E-state index in [1.807, 2.05) is 18.2 Å². The summed E-state index contributed by atoms with van der Waals surface area (Å²) in [4.78, 5) is 4.22. The molecule has 2 rings (SSSR count). The number of rotatable bonds is 6. The highest BCUT2D eigenvalue weighted by atomic mass is 16.5. The Morgan fingerprint density at radius 3 is 2.75 bits per heavy atom. The molecule has 1 N–H and O–H groups in total. The average Bonchev–Trinajstić information content (AvgIpc) is 2.44. The van der Waals surface area contributed by atoms with Gasteiger partial charge in [0.1, 0.15) is 11.6 Å². The molecular weight excluding hydrogens is 248 g/mol. The molecule has 0 saturated heterocycles. The van der Waals surface area contributed by atoms with E-state index in [4.69, 9.17) is 4.74 Å². The van der Waals surface area contributed by atoms with Crippen LogP contribution in [-0.4, -0.2) is 18.1 Å². The summed E-state index contributed by atoms with van der Waals surface area (Å²) < 4.78 is 5.88. The van der Waals surface area contributed by atoms with Crippen molar-refractivity contribution in [3.63, 3.8) is 0 Å². The van der Waals surface area contributed by atoms with Gasteiger partial charge in [0, 0.05) is 12.7 Å². The van der Waals surface area contributed by atoms with Crippen LogP contribution in [0.4, 0.5) is 5.82 Å². The Kier molecular flexibility index (Phi) is 4.99. The molecule has 0 aliphatic rings. The molecule has 0 unspecified atom stereocenters. The summed E-state index contributed by atoms with van der Waals surface area (Å²) in [5, 5.41) is 3.28. The lowest BCUT2D eigenvalue weighted by Crippen LogP contribution is -2.08. The predicted molar refractivity (Wildman–Crippen MR) is 83.5 cm³/mol. The molecule has 0 atom stereocenters. The molecule has 0 fully saturated rings. The fraction of sp³-hybridized carbons (Fsp3) is 0.353. The highest BCUT2D eigenvalue weighted by Crippen LogP contribution is 2.23. The fourth-order valence-corrected chi connectivity index (χ4v) is 2.09. The standard InChI is InChI=1S/C17H22N2O/c1-13-11-14(2)15(3)16(12-13)20-10-6-9-19-17-7-4-5-8-18-17/h4-5,7-8,11-12H,6,9-10H2,1-3H3,(H,18,19). The number of benzene rings is 1. The second-order valence-corrected chi connectivity index (χ2v) is 5.05. The van der Waals surface area contributed by atoms with Crippen LogP contribution in [0, 0.1) is 20.8 Å². The van der Waals surface area contributed by atoms with E-state index < -0.39 is 0 Å². The molecule has 0 aliphatic carbocycles. The van der Waals surface area contributed by atoms with E-state index in [0.717, 1.165) is 24.5 Å². The van der Waals surface area contributed by atoms with Crippen LogP contribution < -0.4 is 10.1 Å². The summed E-state index contributed by atoms with van der Waals surface area (Å²) >= 11 is 0. The highest BCUT2D eigenvalue weighted by Gasteiger charge is 2.03. The Balaban J connectivity index is 1.76. The van der Waals surface area contributed by atoms with Crippen LogP contribution in [0.1, 0.15) is 23.1 Å². The fourth-order valence-electron chi connectivity index (χ4n) is 2.09. The van der Waals surface area contributed by atoms with E-state index >= 15 is 0 Å². The van der Waals surface area contributed by atoms with Gasteiger partial charge in [-0.2, -0.15) is 0 Å². The SMILES string of the molecule is Cc1cc(C)c(C)c(OCCCNc2ccccn2)c1. The minimum Gasteiger partial charge on any atom is -0.493 e. The Hall–Kier alpha value is -2.03. The van der Waals surface area contributed by atoms with E-state index in [2.05, 4.69) is 43.2 Å². The summed E-state index contributed by atoms with van der Waals surface area (Å²) in [5.74, 6) is 1.91. The van der Waals surface area contributed by atoms with E-state index in [0.29, 0.717) is 6.61 Å². The van der Waals surface area contributed by atoms with Crippen LogP contribution in [0.25, 0.3) is 0 Å². The molecule has 0 radical (unpaired) electrons. The molecular formula is C17H22N2O. The zero-order valence-corrected chi connectivity index (χ0v) is 12.4. The first-order valence-electron chi connectivity index (χ1n) is 7.02. The van der Waals surface area contributed by atoms with Gasteiger partial charge in [0.2, 0.25) is 0 Å². The van der Waals surface area contributed by atoms with Gasteiger partial charge in [-0.1, -0.05) is 12.1 Å². The maximum atomic E-state index is 5.88.